The largest absolute Gasteiger partial charge is 0.508 e. The number of benzene rings is 1. The smallest absolute Gasteiger partial charge is 0.226 e. The molecule has 3 heteroatoms. The van der Waals surface area contributed by atoms with Gasteiger partial charge in [-0.3, -0.25) is 0 Å². The lowest BCUT2D eigenvalue weighted by molar-refractivity contribution is 0.470. The second kappa shape index (κ2) is 3.18. The molecule has 0 aliphatic carbocycles. The predicted molar refractivity (Wildman–Crippen MR) is 53.1 cm³/mol. The minimum atomic E-state index is 0.262. The lowest BCUT2D eigenvalue weighted by atomic mass is 10.1. The van der Waals surface area contributed by atoms with Crippen LogP contribution in [0.15, 0.2) is 28.8 Å². The van der Waals surface area contributed by atoms with E-state index in [9.17, 15) is 5.11 Å². The van der Waals surface area contributed by atoms with E-state index >= 15 is 0 Å². The highest BCUT2D eigenvalue weighted by molar-refractivity contribution is 5.62. The number of nitrogens with zero attached hydrogens (tertiary/aromatic N) is 1. The van der Waals surface area contributed by atoms with E-state index in [-0.39, 0.29) is 5.75 Å². The normalized spacial score (nSPS) is 10.4. The molecule has 0 radical (unpaired) electrons. The van der Waals surface area contributed by atoms with Gasteiger partial charge >= 0.3 is 0 Å². The zero-order chi connectivity index (χ0) is 10.1. The zero-order valence-electron chi connectivity index (χ0n) is 8.11. The van der Waals surface area contributed by atoms with Gasteiger partial charge < -0.3 is 9.52 Å². The van der Waals surface area contributed by atoms with Crippen molar-refractivity contribution in [2.45, 2.75) is 13.8 Å². The monoisotopic (exact) mass is 189 g/mol. The molecule has 1 N–H and O–H groups in total. The van der Waals surface area contributed by atoms with E-state index in [4.69, 9.17) is 4.42 Å². The van der Waals surface area contributed by atoms with Crippen molar-refractivity contribution in [2.24, 2.45) is 0 Å². The molecule has 72 valence electrons. The summed E-state index contributed by atoms with van der Waals surface area (Å²) >= 11 is 0. The maximum atomic E-state index is 9.50. The van der Waals surface area contributed by atoms with Crippen LogP contribution >= 0.6 is 0 Å². The molecular formula is C11H11NO2. The fourth-order valence-corrected chi connectivity index (χ4v) is 1.33. The Morgan fingerprint density at radius 3 is 2.71 bits per heavy atom. The Bertz CT molecular complexity index is 460. The van der Waals surface area contributed by atoms with Crippen LogP contribution in [-0.4, -0.2) is 10.1 Å². The van der Waals surface area contributed by atoms with Crippen LogP contribution in [-0.2, 0) is 0 Å². The minimum Gasteiger partial charge on any atom is -0.508 e. The van der Waals surface area contributed by atoms with Crippen LogP contribution in [0.3, 0.4) is 0 Å². The highest BCUT2D eigenvalue weighted by Crippen LogP contribution is 2.28. The molecule has 1 heterocycles. The third kappa shape index (κ3) is 1.37. The Labute approximate surface area is 82.0 Å². The first kappa shape index (κ1) is 8.81. The van der Waals surface area contributed by atoms with Crippen molar-refractivity contribution >= 4 is 0 Å². The highest BCUT2D eigenvalue weighted by atomic mass is 16.4. The van der Waals surface area contributed by atoms with Gasteiger partial charge in [-0.1, -0.05) is 6.07 Å². The van der Waals surface area contributed by atoms with Gasteiger partial charge in [-0.25, -0.2) is 4.98 Å². The van der Waals surface area contributed by atoms with Gasteiger partial charge in [-0.05, 0) is 26.0 Å². The molecule has 0 bridgehead atoms. The molecule has 1 aromatic carbocycles. The third-order valence-corrected chi connectivity index (χ3v) is 2.16. The number of phenolic OH excluding ortho intramolecular Hbond substituents is 1. The van der Waals surface area contributed by atoms with Crippen LogP contribution in [0.4, 0.5) is 0 Å². The summed E-state index contributed by atoms with van der Waals surface area (Å²) in [6.45, 7) is 3.68. The molecule has 14 heavy (non-hydrogen) atoms. The van der Waals surface area contributed by atoms with Crippen molar-refractivity contribution in [2.75, 3.05) is 0 Å². The van der Waals surface area contributed by atoms with E-state index in [0.29, 0.717) is 5.89 Å². The molecular weight excluding hydrogens is 178 g/mol. The molecule has 0 atom stereocenters. The lowest BCUT2D eigenvalue weighted by Crippen LogP contribution is -1.83. The number of aromatic nitrogens is 1. The quantitative estimate of drug-likeness (QED) is 0.750. The van der Waals surface area contributed by atoms with E-state index < -0.39 is 0 Å². The van der Waals surface area contributed by atoms with Crippen molar-refractivity contribution in [1.29, 1.82) is 0 Å². The molecule has 0 unspecified atom stereocenters. The van der Waals surface area contributed by atoms with E-state index in [1.165, 1.54) is 0 Å². The van der Waals surface area contributed by atoms with E-state index in [1.54, 1.807) is 18.3 Å². The van der Waals surface area contributed by atoms with Gasteiger partial charge in [0.25, 0.3) is 0 Å². The van der Waals surface area contributed by atoms with Crippen LogP contribution in [0.25, 0.3) is 11.5 Å². The van der Waals surface area contributed by atoms with Crippen molar-refractivity contribution in [1.82, 2.24) is 4.98 Å². The third-order valence-electron chi connectivity index (χ3n) is 2.16. The van der Waals surface area contributed by atoms with Gasteiger partial charge in [-0.2, -0.15) is 0 Å². The fourth-order valence-electron chi connectivity index (χ4n) is 1.33. The number of rotatable bonds is 1. The van der Waals surface area contributed by atoms with Crippen LogP contribution in [0.2, 0.25) is 0 Å². The first-order valence-electron chi connectivity index (χ1n) is 4.40. The van der Waals surface area contributed by atoms with Crippen molar-refractivity contribution < 1.29 is 9.52 Å². The standard InChI is InChI=1S/C11H11NO2/c1-7-6-12-11(14-7)9-4-3-5-10(13)8(9)2/h3-6,13H,1-2H3. The zero-order valence-corrected chi connectivity index (χ0v) is 8.11. The van der Waals surface area contributed by atoms with Crippen molar-refractivity contribution in [3.8, 4) is 17.2 Å². The molecule has 0 aliphatic heterocycles. The van der Waals surface area contributed by atoms with Gasteiger partial charge in [0.05, 0.1) is 6.20 Å². The van der Waals surface area contributed by atoms with Crippen molar-refractivity contribution in [3.63, 3.8) is 0 Å². The fraction of sp³-hybridized carbons (Fsp3) is 0.182. The van der Waals surface area contributed by atoms with E-state index in [1.807, 2.05) is 19.9 Å². The van der Waals surface area contributed by atoms with E-state index in [2.05, 4.69) is 4.98 Å². The summed E-state index contributed by atoms with van der Waals surface area (Å²) in [5, 5.41) is 9.50. The Balaban J connectivity index is 2.57. The number of hydrogen-bond acceptors (Lipinski definition) is 3. The van der Waals surface area contributed by atoms with Gasteiger partial charge in [-0.15, -0.1) is 0 Å². The van der Waals surface area contributed by atoms with Crippen LogP contribution in [0.5, 0.6) is 5.75 Å². The van der Waals surface area contributed by atoms with Crippen LogP contribution < -0.4 is 0 Å². The van der Waals surface area contributed by atoms with Gasteiger partial charge in [0, 0.05) is 11.1 Å². The first-order valence-corrected chi connectivity index (χ1v) is 4.40. The maximum absolute atomic E-state index is 9.50. The molecule has 3 nitrogen and oxygen atoms in total. The predicted octanol–water partition coefficient (Wildman–Crippen LogP) is 2.66. The summed E-state index contributed by atoms with van der Waals surface area (Å²) in [5.74, 6) is 1.58. The number of phenols is 1. The topological polar surface area (TPSA) is 46.3 Å². The van der Waals surface area contributed by atoms with Crippen molar-refractivity contribution in [3.05, 3.63) is 35.7 Å². The summed E-state index contributed by atoms with van der Waals surface area (Å²) in [7, 11) is 0. The SMILES string of the molecule is Cc1cnc(-c2cccc(O)c2C)o1. The molecule has 0 spiro atoms. The summed E-state index contributed by atoms with van der Waals surface area (Å²) < 4.78 is 5.38. The number of aryl methyl sites for hydroxylation is 1. The molecule has 2 aromatic rings. The minimum absolute atomic E-state index is 0.262. The second-order valence-corrected chi connectivity index (χ2v) is 3.23. The average molecular weight is 189 g/mol. The maximum Gasteiger partial charge on any atom is 0.226 e. The van der Waals surface area contributed by atoms with E-state index in [0.717, 1.165) is 16.9 Å². The Kier molecular flexibility index (Phi) is 2.00. The number of aromatic hydroxyl groups is 1. The number of hydrogen-bond donors (Lipinski definition) is 1. The lowest BCUT2D eigenvalue weighted by Gasteiger charge is -2.02. The Morgan fingerprint density at radius 2 is 2.07 bits per heavy atom. The molecule has 0 amide bonds. The Morgan fingerprint density at radius 1 is 1.29 bits per heavy atom. The summed E-state index contributed by atoms with van der Waals surface area (Å²) in [6.07, 6.45) is 1.67. The molecule has 1 aromatic heterocycles. The first-order chi connectivity index (χ1) is 6.68. The average Bonchev–Trinajstić information content (AvgIpc) is 2.57. The van der Waals surface area contributed by atoms with Gasteiger partial charge in [0.1, 0.15) is 11.5 Å². The molecule has 0 saturated heterocycles. The van der Waals surface area contributed by atoms with Crippen LogP contribution in [0, 0.1) is 13.8 Å². The number of oxazole rings is 1. The second-order valence-electron chi connectivity index (χ2n) is 3.23. The summed E-state index contributed by atoms with van der Waals surface area (Å²) in [5.41, 5.74) is 1.62. The van der Waals surface area contributed by atoms with Crippen LogP contribution in [0.1, 0.15) is 11.3 Å². The van der Waals surface area contributed by atoms with Gasteiger partial charge in [0.2, 0.25) is 5.89 Å². The molecule has 0 saturated carbocycles. The molecule has 2 rings (SSSR count). The molecule has 0 fully saturated rings. The Hall–Kier alpha value is -1.77. The molecule has 0 aliphatic rings. The van der Waals surface area contributed by atoms with Gasteiger partial charge in [0.15, 0.2) is 0 Å². The summed E-state index contributed by atoms with van der Waals surface area (Å²) in [6, 6.07) is 5.30. The summed E-state index contributed by atoms with van der Waals surface area (Å²) in [4.78, 5) is 4.11. The highest BCUT2D eigenvalue weighted by Gasteiger charge is 2.09.